The molecule has 2 heterocycles. The molecular formula is C14H17N3O2. The number of hydrogen-bond donors (Lipinski definition) is 1. The van der Waals surface area contributed by atoms with Crippen LogP contribution in [0.4, 0.5) is 0 Å². The summed E-state index contributed by atoms with van der Waals surface area (Å²) in [7, 11) is 1.65. The fraction of sp³-hybridized carbons (Fsp3) is 0.429. The zero-order chi connectivity index (χ0) is 13.3. The van der Waals surface area contributed by atoms with Crippen LogP contribution < -0.4 is 10.1 Å². The first-order valence-corrected chi connectivity index (χ1v) is 6.45. The van der Waals surface area contributed by atoms with Gasteiger partial charge in [-0.25, -0.2) is 0 Å². The topological polar surface area (TPSA) is 60.2 Å². The van der Waals surface area contributed by atoms with Gasteiger partial charge in [-0.15, -0.1) is 0 Å². The van der Waals surface area contributed by atoms with E-state index in [2.05, 4.69) is 22.4 Å². The fourth-order valence-corrected chi connectivity index (χ4v) is 2.38. The van der Waals surface area contributed by atoms with Crippen LogP contribution in [0, 0.1) is 0 Å². The molecule has 1 saturated heterocycles. The predicted octanol–water partition coefficient (Wildman–Crippen LogP) is 2.34. The number of rotatable bonds is 3. The Kier molecular flexibility index (Phi) is 2.98. The first-order valence-electron chi connectivity index (χ1n) is 6.45. The van der Waals surface area contributed by atoms with Crippen LogP contribution in [0.2, 0.25) is 0 Å². The van der Waals surface area contributed by atoms with E-state index < -0.39 is 0 Å². The van der Waals surface area contributed by atoms with Gasteiger partial charge in [0.2, 0.25) is 11.7 Å². The Morgan fingerprint density at radius 3 is 2.74 bits per heavy atom. The summed E-state index contributed by atoms with van der Waals surface area (Å²) in [4.78, 5) is 4.51. The summed E-state index contributed by atoms with van der Waals surface area (Å²) < 4.78 is 10.5. The average Bonchev–Trinajstić information content (AvgIpc) is 3.08. The van der Waals surface area contributed by atoms with Crippen molar-refractivity contribution in [2.75, 3.05) is 13.7 Å². The molecule has 1 atom stereocenters. The monoisotopic (exact) mass is 259 g/mol. The van der Waals surface area contributed by atoms with E-state index in [0.29, 0.717) is 11.7 Å². The Hall–Kier alpha value is -1.88. The first kappa shape index (κ1) is 12.2. The van der Waals surface area contributed by atoms with Crippen LogP contribution in [0.15, 0.2) is 28.8 Å². The summed E-state index contributed by atoms with van der Waals surface area (Å²) in [6.45, 7) is 3.10. The molecule has 1 aliphatic rings. The number of methoxy groups -OCH3 is 1. The normalized spacial score (nSPS) is 22.6. The lowest BCUT2D eigenvalue weighted by molar-refractivity contribution is 0.275. The van der Waals surface area contributed by atoms with Crippen molar-refractivity contribution in [1.29, 1.82) is 0 Å². The average molecular weight is 259 g/mol. The minimum absolute atomic E-state index is 0.183. The molecule has 1 aromatic carbocycles. The minimum atomic E-state index is -0.183. The summed E-state index contributed by atoms with van der Waals surface area (Å²) in [6.07, 6.45) is 2.16. The molecule has 1 fully saturated rings. The van der Waals surface area contributed by atoms with E-state index >= 15 is 0 Å². The molecule has 0 saturated carbocycles. The molecule has 19 heavy (non-hydrogen) atoms. The van der Waals surface area contributed by atoms with E-state index in [9.17, 15) is 0 Å². The highest BCUT2D eigenvalue weighted by atomic mass is 16.5. The Morgan fingerprint density at radius 2 is 2.11 bits per heavy atom. The molecule has 0 amide bonds. The quantitative estimate of drug-likeness (QED) is 0.916. The molecule has 0 bridgehead atoms. The third-order valence-electron chi connectivity index (χ3n) is 3.61. The molecule has 0 radical (unpaired) electrons. The maximum Gasteiger partial charge on any atom is 0.246 e. The Labute approximate surface area is 112 Å². The van der Waals surface area contributed by atoms with Gasteiger partial charge in [0.1, 0.15) is 5.75 Å². The molecule has 0 spiro atoms. The van der Waals surface area contributed by atoms with Gasteiger partial charge >= 0.3 is 0 Å². The van der Waals surface area contributed by atoms with Crippen LogP contribution in [-0.2, 0) is 5.54 Å². The SMILES string of the molecule is COc1ccc(-c2noc(C3(C)CCCN3)n2)cc1. The van der Waals surface area contributed by atoms with Crippen molar-refractivity contribution in [3.63, 3.8) is 0 Å². The van der Waals surface area contributed by atoms with E-state index in [1.54, 1.807) is 7.11 Å². The van der Waals surface area contributed by atoms with Crippen LogP contribution in [-0.4, -0.2) is 23.8 Å². The molecule has 1 N–H and O–H groups in total. The fourth-order valence-electron chi connectivity index (χ4n) is 2.38. The Morgan fingerprint density at radius 1 is 1.32 bits per heavy atom. The van der Waals surface area contributed by atoms with Crippen molar-refractivity contribution in [1.82, 2.24) is 15.5 Å². The van der Waals surface area contributed by atoms with Crippen molar-refractivity contribution in [2.45, 2.75) is 25.3 Å². The number of hydrogen-bond acceptors (Lipinski definition) is 5. The van der Waals surface area contributed by atoms with Gasteiger partial charge in [0.15, 0.2) is 0 Å². The maximum atomic E-state index is 5.41. The van der Waals surface area contributed by atoms with Crippen molar-refractivity contribution in [3.8, 4) is 17.1 Å². The molecule has 1 aromatic heterocycles. The molecule has 5 nitrogen and oxygen atoms in total. The summed E-state index contributed by atoms with van der Waals surface area (Å²) >= 11 is 0. The van der Waals surface area contributed by atoms with Crippen LogP contribution in [0.3, 0.4) is 0 Å². The highest BCUT2D eigenvalue weighted by molar-refractivity contribution is 5.55. The zero-order valence-electron chi connectivity index (χ0n) is 11.1. The largest absolute Gasteiger partial charge is 0.497 e. The molecular weight excluding hydrogens is 242 g/mol. The van der Waals surface area contributed by atoms with E-state index in [0.717, 1.165) is 30.7 Å². The second kappa shape index (κ2) is 4.66. The van der Waals surface area contributed by atoms with Gasteiger partial charge in [0.25, 0.3) is 0 Å². The Bertz CT molecular complexity index is 556. The first-order chi connectivity index (χ1) is 9.21. The van der Waals surface area contributed by atoms with Crippen LogP contribution >= 0.6 is 0 Å². The van der Waals surface area contributed by atoms with Gasteiger partial charge in [-0.2, -0.15) is 4.98 Å². The molecule has 1 aliphatic heterocycles. The minimum Gasteiger partial charge on any atom is -0.497 e. The van der Waals surface area contributed by atoms with Gasteiger partial charge in [-0.1, -0.05) is 5.16 Å². The summed E-state index contributed by atoms with van der Waals surface area (Å²) in [5, 5.41) is 7.48. The standard InChI is InChI=1S/C14H17N3O2/c1-14(8-3-9-15-14)13-16-12(17-19-13)10-4-6-11(18-2)7-5-10/h4-7,15H,3,8-9H2,1-2H3. The van der Waals surface area contributed by atoms with Crippen molar-refractivity contribution in [2.24, 2.45) is 0 Å². The highest BCUT2D eigenvalue weighted by Crippen LogP contribution is 2.30. The van der Waals surface area contributed by atoms with Gasteiger partial charge in [-0.3, -0.25) is 0 Å². The van der Waals surface area contributed by atoms with E-state index in [-0.39, 0.29) is 5.54 Å². The van der Waals surface area contributed by atoms with Crippen LogP contribution in [0.5, 0.6) is 5.75 Å². The van der Waals surface area contributed by atoms with Gasteiger partial charge in [0.05, 0.1) is 12.6 Å². The highest BCUT2D eigenvalue weighted by Gasteiger charge is 2.35. The number of ether oxygens (including phenoxy) is 1. The van der Waals surface area contributed by atoms with Gasteiger partial charge < -0.3 is 14.6 Å². The van der Waals surface area contributed by atoms with E-state index in [1.165, 1.54) is 0 Å². The number of nitrogens with zero attached hydrogens (tertiary/aromatic N) is 2. The predicted molar refractivity (Wildman–Crippen MR) is 70.9 cm³/mol. The van der Waals surface area contributed by atoms with E-state index in [1.807, 2.05) is 24.3 Å². The number of nitrogens with one attached hydrogen (secondary N) is 1. The Balaban J connectivity index is 1.87. The lowest BCUT2D eigenvalue weighted by atomic mass is 10.0. The van der Waals surface area contributed by atoms with Crippen LogP contribution in [0.25, 0.3) is 11.4 Å². The molecule has 0 aliphatic carbocycles. The van der Waals surface area contributed by atoms with Crippen molar-refractivity contribution >= 4 is 0 Å². The van der Waals surface area contributed by atoms with Gasteiger partial charge in [-0.05, 0) is 50.6 Å². The lowest BCUT2D eigenvalue weighted by Crippen LogP contribution is -2.33. The van der Waals surface area contributed by atoms with Crippen molar-refractivity contribution in [3.05, 3.63) is 30.2 Å². The van der Waals surface area contributed by atoms with Crippen molar-refractivity contribution < 1.29 is 9.26 Å². The third-order valence-corrected chi connectivity index (χ3v) is 3.61. The van der Waals surface area contributed by atoms with Crippen LogP contribution in [0.1, 0.15) is 25.7 Å². The third kappa shape index (κ3) is 2.21. The number of aromatic nitrogens is 2. The summed E-state index contributed by atoms with van der Waals surface area (Å²) in [5.41, 5.74) is 0.745. The van der Waals surface area contributed by atoms with Gasteiger partial charge in [0, 0.05) is 5.56 Å². The second-order valence-corrected chi connectivity index (χ2v) is 5.01. The molecule has 5 heteroatoms. The second-order valence-electron chi connectivity index (χ2n) is 5.01. The molecule has 1 unspecified atom stereocenters. The summed E-state index contributed by atoms with van der Waals surface area (Å²) in [6, 6.07) is 7.64. The molecule has 100 valence electrons. The molecule has 2 aromatic rings. The smallest absolute Gasteiger partial charge is 0.246 e. The lowest BCUT2D eigenvalue weighted by Gasteiger charge is -2.18. The summed E-state index contributed by atoms with van der Waals surface area (Å²) in [5.74, 6) is 2.10. The van der Waals surface area contributed by atoms with E-state index in [4.69, 9.17) is 9.26 Å². The maximum absolute atomic E-state index is 5.41. The zero-order valence-corrected chi connectivity index (χ0v) is 11.1. The molecule has 3 rings (SSSR count). The number of benzene rings is 1.